The predicted molar refractivity (Wildman–Crippen MR) is 77.3 cm³/mol. The zero-order chi connectivity index (χ0) is 14.7. The van der Waals surface area contributed by atoms with Crippen LogP contribution < -0.4 is 10.6 Å². The molecule has 0 spiro atoms. The van der Waals surface area contributed by atoms with Gasteiger partial charge >= 0.3 is 5.97 Å². The standard InChI is InChI=1S/C14H15FN2O2S/c1-3-19-13(18)12-8(2)11(16-14(20)17-12)9-6-4-5-7-10(9)15/h4-7,11H,3H2,1-2H3,(H2,16,17,20). The molecule has 0 amide bonds. The quantitative estimate of drug-likeness (QED) is 0.661. The molecule has 1 heterocycles. The molecule has 1 unspecified atom stereocenters. The van der Waals surface area contributed by atoms with Crippen molar-refractivity contribution in [3.05, 3.63) is 46.9 Å². The van der Waals surface area contributed by atoms with Crippen molar-refractivity contribution in [3.63, 3.8) is 0 Å². The zero-order valence-corrected chi connectivity index (χ0v) is 12.0. The summed E-state index contributed by atoms with van der Waals surface area (Å²) in [6.45, 7) is 3.73. The molecule has 0 bridgehead atoms. The molecule has 0 saturated heterocycles. The second-order valence-corrected chi connectivity index (χ2v) is 4.74. The molecule has 1 aliphatic rings. The maximum Gasteiger partial charge on any atom is 0.354 e. The minimum atomic E-state index is -0.491. The van der Waals surface area contributed by atoms with Crippen LogP contribution in [0.3, 0.4) is 0 Å². The fourth-order valence-electron chi connectivity index (χ4n) is 2.07. The van der Waals surface area contributed by atoms with Crippen LogP contribution in [-0.4, -0.2) is 17.7 Å². The fraction of sp³-hybridized carbons (Fsp3) is 0.286. The Morgan fingerprint density at radius 1 is 1.45 bits per heavy atom. The fourth-order valence-corrected chi connectivity index (χ4v) is 2.29. The minimum absolute atomic E-state index is 0.266. The van der Waals surface area contributed by atoms with Crippen molar-refractivity contribution in [2.45, 2.75) is 19.9 Å². The first-order valence-electron chi connectivity index (χ1n) is 6.24. The van der Waals surface area contributed by atoms with E-state index in [4.69, 9.17) is 17.0 Å². The van der Waals surface area contributed by atoms with E-state index in [1.165, 1.54) is 6.07 Å². The van der Waals surface area contributed by atoms with Crippen molar-refractivity contribution in [1.82, 2.24) is 10.6 Å². The number of carbonyl (C=O) groups excluding carboxylic acids is 1. The minimum Gasteiger partial charge on any atom is -0.461 e. The smallest absolute Gasteiger partial charge is 0.354 e. The van der Waals surface area contributed by atoms with E-state index in [0.717, 1.165) is 0 Å². The van der Waals surface area contributed by atoms with E-state index in [2.05, 4.69) is 10.6 Å². The molecule has 0 fully saturated rings. The molecular formula is C14H15FN2O2S. The van der Waals surface area contributed by atoms with Crippen LogP contribution in [0.25, 0.3) is 0 Å². The third-order valence-corrected chi connectivity index (χ3v) is 3.26. The summed E-state index contributed by atoms with van der Waals surface area (Å²) in [6, 6.07) is 5.91. The molecule has 6 heteroatoms. The monoisotopic (exact) mass is 294 g/mol. The Balaban J connectivity index is 2.43. The lowest BCUT2D eigenvalue weighted by Gasteiger charge is -2.29. The maximum absolute atomic E-state index is 13.9. The zero-order valence-electron chi connectivity index (χ0n) is 11.2. The van der Waals surface area contributed by atoms with Crippen molar-refractivity contribution in [2.75, 3.05) is 6.61 Å². The summed E-state index contributed by atoms with van der Waals surface area (Å²) in [6.07, 6.45) is 0. The largest absolute Gasteiger partial charge is 0.461 e. The highest BCUT2D eigenvalue weighted by Gasteiger charge is 2.29. The number of carbonyl (C=O) groups is 1. The number of benzene rings is 1. The molecule has 1 atom stereocenters. The first-order chi connectivity index (χ1) is 9.54. The molecule has 2 rings (SSSR count). The van der Waals surface area contributed by atoms with Crippen molar-refractivity contribution < 1.29 is 13.9 Å². The van der Waals surface area contributed by atoms with Gasteiger partial charge in [0.25, 0.3) is 0 Å². The van der Waals surface area contributed by atoms with Gasteiger partial charge in [-0.25, -0.2) is 9.18 Å². The highest BCUT2D eigenvalue weighted by atomic mass is 32.1. The van der Waals surface area contributed by atoms with Crippen LogP contribution in [0.5, 0.6) is 0 Å². The summed E-state index contributed by atoms with van der Waals surface area (Å²) in [5.74, 6) is -0.840. The van der Waals surface area contributed by atoms with Gasteiger partial charge in [0.05, 0.1) is 12.6 Å². The third kappa shape index (κ3) is 2.80. The van der Waals surface area contributed by atoms with Gasteiger partial charge in [0, 0.05) is 5.56 Å². The molecule has 4 nitrogen and oxygen atoms in total. The van der Waals surface area contributed by atoms with E-state index in [9.17, 15) is 9.18 Å². The van der Waals surface area contributed by atoms with Crippen LogP contribution in [0.2, 0.25) is 0 Å². The topological polar surface area (TPSA) is 50.4 Å². The second-order valence-electron chi connectivity index (χ2n) is 4.33. The van der Waals surface area contributed by atoms with Crippen LogP contribution in [0.15, 0.2) is 35.5 Å². The normalized spacial score (nSPS) is 18.4. The maximum atomic E-state index is 13.9. The lowest BCUT2D eigenvalue weighted by Crippen LogP contribution is -2.45. The van der Waals surface area contributed by atoms with E-state index < -0.39 is 12.0 Å². The molecule has 0 radical (unpaired) electrons. The van der Waals surface area contributed by atoms with Gasteiger partial charge < -0.3 is 15.4 Å². The number of nitrogens with one attached hydrogen (secondary N) is 2. The number of rotatable bonds is 3. The average Bonchev–Trinajstić information content (AvgIpc) is 2.42. The molecule has 2 N–H and O–H groups in total. The van der Waals surface area contributed by atoms with Crippen LogP contribution >= 0.6 is 12.2 Å². The molecule has 1 aromatic rings. The van der Waals surface area contributed by atoms with E-state index in [1.807, 2.05) is 0 Å². The summed E-state index contributed by atoms with van der Waals surface area (Å²) < 4.78 is 18.9. The van der Waals surface area contributed by atoms with Gasteiger partial charge in [-0.2, -0.15) is 0 Å². The van der Waals surface area contributed by atoms with Crippen LogP contribution in [0.1, 0.15) is 25.5 Å². The number of thiocarbonyl (C=S) groups is 1. The Morgan fingerprint density at radius 2 is 2.15 bits per heavy atom. The SMILES string of the molecule is CCOC(=O)C1=C(C)C(c2ccccc2F)NC(=S)N1. The molecule has 1 aliphatic heterocycles. The van der Waals surface area contributed by atoms with Gasteiger partial charge in [0.1, 0.15) is 11.5 Å². The van der Waals surface area contributed by atoms with Gasteiger partial charge in [0.2, 0.25) is 0 Å². The van der Waals surface area contributed by atoms with E-state index >= 15 is 0 Å². The Kier molecular flexibility index (Phi) is 4.34. The van der Waals surface area contributed by atoms with E-state index in [0.29, 0.717) is 11.1 Å². The lowest BCUT2D eigenvalue weighted by atomic mass is 9.96. The van der Waals surface area contributed by atoms with Gasteiger partial charge in [-0.05, 0) is 37.7 Å². The number of halogens is 1. The highest BCUT2D eigenvalue weighted by Crippen LogP contribution is 2.28. The number of ether oxygens (including phenoxy) is 1. The number of hydrogen-bond donors (Lipinski definition) is 2. The molecule has 20 heavy (non-hydrogen) atoms. The van der Waals surface area contributed by atoms with Crippen LogP contribution in [0, 0.1) is 5.82 Å². The van der Waals surface area contributed by atoms with E-state index in [-0.39, 0.29) is 23.2 Å². The predicted octanol–water partition coefficient (Wildman–Crippen LogP) is 2.18. The van der Waals surface area contributed by atoms with Crippen LogP contribution in [-0.2, 0) is 9.53 Å². The summed E-state index contributed by atoms with van der Waals surface area (Å²) in [5.41, 5.74) is 1.35. The molecule has 0 saturated carbocycles. The molecular weight excluding hydrogens is 279 g/mol. The van der Waals surface area contributed by atoms with Crippen molar-refractivity contribution in [2.24, 2.45) is 0 Å². The number of esters is 1. The van der Waals surface area contributed by atoms with Crippen molar-refractivity contribution in [1.29, 1.82) is 0 Å². The van der Waals surface area contributed by atoms with Gasteiger partial charge in [-0.3, -0.25) is 0 Å². The van der Waals surface area contributed by atoms with Crippen LogP contribution in [0.4, 0.5) is 4.39 Å². The third-order valence-electron chi connectivity index (χ3n) is 3.04. The molecule has 1 aromatic carbocycles. The second kappa shape index (κ2) is 6.00. The lowest BCUT2D eigenvalue weighted by molar-refractivity contribution is -0.138. The first-order valence-corrected chi connectivity index (χ1v) is 6.65. The van der Waals surface area contributed by atoms with Gasteiger partial charge in [0.15, 0.2) is 5.11 Å². The Hall–Kier alpha value is -1.95. The molecule has 0 aliphatic carbocycles. The van der Waals surface area contributed by atoms with E-state index in [1.54, 1.807) is 32.0 Å². The Bertz CT molecular complexity index is 586. The summed E-state index contributed by atoms with van der Waals surface area (Å²) in [5, 5.41) is 6.01. The summed E-state index contributed by atoms with van der Waals surface area (Å²) in [7, 11) is 0. The summed E-state index contributed by atoms with van der Waals surface area (Å²) >= 11 is 5.07. The molecule has 0 aromatic heterocycles. The molecule has 106 valence electrons. The van der Waals surface area contributed by atoms with Gasteiger partial charge in [-0.1, -0.05) is 18.2 Å². The average molecular weight is 294 g/mol. The Labute approximate surface area is 122 Å². The Morgan fingerprint density at radius 3 is 2.80 bits per heavy atom. The first kappa shape index (κ1) is 14.5. The van der Waals surface area contributed by atoms with Gasteiger partial charge in [-0.15, -0.1) is 0 Å². The highest BCUT2D eigenvalue weighted by molar-refractivity contribution is 7.80. The van der Waals surface area contributed by atoms with Crippen molar-refractivity contribution >= 4 is 23.3 Å². The van der Waals surface area contributed by atoms with Crippen molar-refractivity contribution in [3.8, 4) is 0 Å². The summed E-state index contributed by atoms with van der Waals surface area (Å²) in [4.78, 5) is 11.9. The number of hydrogen-bond acceptors (Lipinski definition) is 3.